The van der Waals surface area contributed by atoms with E-state index in [0.717, 1.165) is 6.07 Å². The molecule has 0 amide bonds. The number of Topliss-reactive ketones (excluding diaryl/α,β-unsaturated/α-hetero) is 1. The van der Waals surface area contributed by atoms with Crippen molar-refractivity contribution in [3.63, 3.8) is 0 Å². The highest BCUT2D eigenvalue weighted by Gasteiger charge is 2.51. The van der Waals surface area contributed by atoms with Crippen LogP contribution in [0.2, 0.25) is 5.02 Å². The molecule has 2 unspecified atom stereocenters. The van der Waals surface area contributed by atoms with E-state index >= 15 is 0 Å². The molecule has 4 rings (SSSR count). The Labute approximate surface area is 187 Å². The second kappa shape index (κ2) is 8.16. The van der Waals surface area contributed by atoms with E-state index in [-0.39, 0.29) is 44.5 Å². The maximum Gasteiger partial charge on any atom is 0.387 e. The molecule has 0 saturated carbocycles. The van der Waals surface area contributed by atoms with Crippen molar-refractivity contribution >= 4 is 44.9 Å². The Morgan fingerprint density at radius 3 is 2.81 bits per heavy atom. The third kappa shape index (κ3) is 3.57. The van der Waals surface area contributed by atoms with Gasteiger partial charge >= 0.3 is 12.6 Å². The van der Waals surface area contributed by atoms with Crippen LogP contribution in [0, 0.1) is 11.7 Å². The Morgan fingerprint density at radius 1 is 1.39 bits per heavy atom. The van der Waals surface area contributed by atoms with Gasteiger partial charge in [-0.2, -0.15) is 8.78 Å². The highest BCUT2D eigenvalue weighted by Crippen LogP contribution is 2.49. The summed E-state index contributed by atoms with van der Waals surface area (Å²) in [4.78, 5) is 30.1. The first-order chi connectivity index (χ1) is 14.7. The van der Waals surface area contributed by atoms with Gasteiger partial charge in [-0.1, -0.05) is 17.7 Å². The van der Waals surface area contributed by atoms with Gasteiger partial charge in [-0.3, -0.25) is 9.59 Å². The van der Waals surface area contributed by atoms with Crippen LogP contribution in [0.4, 0.5) is 13.2 Å². The Hall–Kier alpha value is -2.59. The van der Waals surface area contributed by atoms with Gasteiger partial charge in [-0.25, -0.2) is 9.37 Å². The molecule has 0 N–H and O–H groups in total. The average Bonchev–Trinajstić information content (AvgIpc) is 3.17. The van der Waals surface area contributed by atoms with Crippen LogP contribution in [0.3, 0.4) is 0 Å². The van der Waals surface area contributed by atoms with Gasteiger partial charge in [-0.15, -0.1) is 0 Å². The van der Waals surface area contributed by atoms with Gasteiger partial charge in [0.1, 0.15) is 28.8 Å². The molecular formula is C20H13BrClF3N2O4. The minimum atomic E-state index is -3.17. The number of aromatic nitrogens is 2. The number of rotatable bonds is 5. The number of pyridine rings is 1. The van der Waals surface area contributed by atoms with E-state index in [0.29, 0.717) is 0 Å². The number of alkyl halides is 2. The highest BCUT2D eigenvalue weighted by atomic mass is 79.9. The number of carbonyl (C=O) groups is 2. The average molecular weight is 518 g/mol. The van der Waals surface area contributed by atoms with Crippen molar-refractivity contribution in [2.24, 2.45) is 5.92 Å². The lowest BCUT2D eigenvalue weighted by atomic mass is 9.86. The Balaban J connectivity index is 2.02. The molecule has 3 aromatic rings. The monoisotopic (exact) mass is 516 g/mol. The van der Waals surface area contributed by atoms with Gasteiger partial charge in [-0.05, 0) is 35.0 Å². The topological polar surface area (TPSA) is 69.9 Å². The quantitative estimate of drug-likeness (QED) is 0.352. The minimum absolute atomic E-state index is 0.000541. The summed E-state index contributed by atoms with van der Waals surface area (Å²) in [7, 11) is 0. The first-order valence-corrected chi connectivity index (χ1v) is 10.2. The van der Waals surface area contributed by atoms with E-state index in [4.69, 9.17) is 16.3 Å². The largest absolute Gasteiger partial charge is 0.465 e. The predicted molar refractivity (Wildman–Crippen MR) is 107 cm³/mol. The number of halogens is 5. The van der Waals surface area contributed by atoms with Gasteiger partial charge in [0.15, 0.2) is 5.78 Å². The first-order valence-electron chi connectivity index (χ1n) is 9.05. The lowest BCUT2D eigenvalue weighted by Crippen LogP contribution is -2.28. The maximum absolute atomic E-state index is 14.0. The van der Waals surface area contributed by atoms with Gasteiger partial charge in [0.05, 0.1) is 22.7 Å². The highest BCUT2D eigenvalue weighted by molar-refractivity contribution is 9.10. The first kappa shape index (κ1) is 21.6. The number of benzene rings is 1. The molecule has 2 aromatic heterocycles. The molecule has 1 aliphatic rings. The number of imidazole rings is 1. The molecule has 11 heteroatoms. The molecular weight excluding hydrogens is 505 g/mol. The number of hydrogen-bond acceptors (Lipinski definition) is 5. The normalized spacial score (nSPS) is 18.0. The van der Waals surface area contributed by atoms with Crippen molar-refractivity contribution in [1.29, 1.82) is 0 Å². The number of ketones is 1. The molecule has 0 bridgehead atoms. The lowest BCUT2D eigenvalue weighted by Gasteiger charge is -2.22. The fourth-order valence-electron chi connectivity index (χ4n) is 3.79. The zero-order valence-corrected chi connectivity index (χ0v) is 18.1. The van der Waals surface area contributed by atoms with Gasteiger partial charge in [0, 0.05) is 22.8 Å². The molecule has 0 radical (unpaired) electrons. The summed E-state index contributed by atoms with van der Waals surface area (Å²) < 4.78 is 51.3. The summed E-state index contributed by atoms with van der Waals surface area (Å²) >= 11 is 9.42. The SMILES string of the molecule is CCOC(=O)C1C(=O)c2nc3cc(F)c(Br)cn3c2C1c1c(Cl)cccc1OC(F)F. The second-order valence-corrected chi connectivity index (χ2v) is 7.91. The Bertz CT molecular complexity index is 1220. The molecule has 1 aromatic carbocycles. The Kier molecular flexibility index (Phi) is 5.69. The molecule has 6 nitrogen and oxygen atoms in total. The predicted octanol–water partition coefficient (Wildman–Crippen LogP) is 5.00. The molecule has 2 atom stereocenters. The van der Waals surface area contributed by atoms with E-state index in [9.17, 15) is 22.8 Å². The molecule has 162 valence electrons. The third-order valence-electron chi connectivity index (χ3n) is 4.93. The number of hydrogen-bond donors (Lipinski definition) is 0. The number of nitrogens with zero attached hydrogens (tertiary/aromatic N) is 2. The van der Waals surface area contributed by atoms with Gasteiger partial charge in [0.2, 0.25) is 0 Å². The van der Waals surface area contributed by atoms with E-state index in [1.165, 1.54) is 28.8 Å². The van der Waals surface area contributed by atoms with Crippen LogP contribution in [-0.2, 0) is 9.53 Å². The summed E-state index contributed by atoms with van der Waals surface area (Å²) in [6, 6.07) is 5.20. The number of ether oxygens (including phenoxy) is 2. The van der Waals surface area contributed by atoms with Crippen molar-refractivity contribution in [2.45, 2.75) is 19.5 Å². The molecule has 0 spiro atoms. The van der Waals surface area contributed by atoms with Crippen molar-refractivity contribution in [1.82, 2.24) is 9.38 Å². The van der Waals surface area contributed by atoms with Crippen LogP contribution >= 0.6 is 27.5 Å². The molecule has 1 aliphatic carbocycles. The zero-order valence-electron chi connectivity index (χ0n) is 15.7. The van der Waals surface area contributed by atoms with Crippen molar-refractivity contribution in [3.8, 4) is 5.75 Å². The van der Waals surface area contributed by atoms with Crippen LogP contribution in [-0.4, -0.2) is 34.4 Å². The smallest absolute Gasteiger partial charge is 0.387 e. The van der Waals surface area contributed by atoms with Crippen LogP contribution in [0.25, 0.3) is 5.65 Å². The summed E-state index contributed by atoms with van der Waals surface area (Å²) in [6.45, 7) is -1.59. The van der Waals surface area contributed by atoms with Crippen LogP contribution in [0.1, 0.15) is 34.6 Å². The van der Waals surface area contributed by atoms with E-state index in [2.05, 4.69) is 25.7 Å². The standard InChI is InChI=1S/C20H13BrClF3N2O4/c1-2-30-19(29)15-14(13-9(22)4-3-5-11(13)31-20(24)25)17-16(18(15)28)26-12-6-10(23)8(21)7-27(12)17/h3-7,14-15,20H,2H2,1H3. The molecule has 0 fully saturated rings. The number of esters is 1. The Morgan fingerprint density at radius 2 is 2.13 bits per heavy atom. The van der Waals surface area contributed by atoms with Crippen LogP contribution in [0.15, 0.2) is 34.9 Å². The molecule has 31 heavy (non-hydrogen) atoms. The number of carbonyl (C=O) groups excluding carboxylic acids is 2. The number of fused-ring (bicyclic) bond motifs is 3. The van der Waals surface area contributed by atoms with Gasteiger partial charge in [0.25, 0.3) is 0 Å². The van der Waals surface area contributed by atoms with E-state index in [1.807, 2.05) is 0 Å². The summed E-state index contributed by atoms with van der Waals surface area (Å²) in [6.07, 6.45) is 1.34. The summed E-state index contributed by atoms with van der Waals surface area (Å²) in [5.41, 5.74) is 0.223. The zero-order chi connectivity index (χ0) is 22.4. The maximum atomic E-state index is 14.0. The third-order valence-corrected chi connectivity index (χ3v) is 5.84. The van der Waals surface area contributed by atoms with Crippen molar-refractivity contribution in [3.05, 3.63) is 62.7 Å². The van der Waals surface area contributed by atoms with Crippen LogP contribution in [0.5, 0.6) is 5.75 Å². The van der Waals surface area contributed by atoms with E-state index in [1.54, 1.807) is 6.92 Å². The fourth-order valence-corrected chi connectivity index (χ4v) is 4.39. The fraction of sp³-hybridized carbons (Fsp3) is 0.250. The minimum Gasteiger partial charge on any atom is -0.465 e. The summed E-state index contributed by atoms with van der Waals surface area (Å²) in [5.74, 6) is -5.00. The summed E-state index contributed by atoms with van der Waals surface area (Å²) in [5, 5.41) is 0.00854. The molecule has 0 aliphatic heterocycles. The molecule has 0 saturated heterocycles. The lowest BCUT2D eigenvalue weighted by molar-refractivity contribution is -0.146. The van der Waals surface area contributed by atoms with E-state index < -0.39 is 36.0 Å². The van der Waals surface area contributed by atoms with Crippen molar-refractivity contribution < 1.29 is 32.2 Å². The van der Waals surface area contributed by atoms with Gasteiger partial charge < -0.3 is 13.9 Å². The van der Waals surface area contributed by atoms with Crippen molar-refractivity contribution in [2.75, 3.05) is 6.61 Å². The molecule has 2 heterocycles. The second-order valence-electron chi connectivity index (χ2n) is 6.64. The van der Waals surface area contributed by atoms with Crippen LogP contribution < -0.4 is 4.74 Å².